The first-order chi connectivity index (χ1) is 8.69. The van der Waals surface area contributed by atoms with Gasteiger partial charge in [0.25, 0.3) is 0 Å². The van der Waals surface area contributed by atoms with Gasteiger partial charge in [0.15, 0.2) is 0 Å². The van der Waals surface area contributed by atoms with Gasteiger partial charge in [0.05, 0.1) is 18.5 Å². The van der Waals surface area contributed by atoms with Crippen LogP contribution in [-0.2, 0) is 11.3 Å². The van der Waals surface area contributed by atoms with Crippen LogP contribution in [-0.4, -0.2) is 17.6 Å². The number of amides is 1. The number of nitrogens with zero attached hydrogens (tertiary/aromatic N) is 1. The second-order valence-corrected chi connectivity index (χ2v) is 4.41. The molecule has 3 rings (SSSR count). The first-order valence-electron chi connectivity index (χ1n) is 5.83. The van der Waals surface area contributed by atoms with E-state index in [-0.39, 0.29) is 5.91 Å². The van der Waals surface area contributed by atoms with Crippen LogP contribution in [0.3, 0.4) is 0 Å². The Morgan fingerprint density at radius 2 is 2.11 bits per heavy atom. The Hall–Kier alpha value is -2.23. The van der Waals surface area contributed by atoms with Gasteiger partial charge in [-0.05, 0) is 31.2 Å². The van der Waals surface area contributed by atoms with Crippen LogP contribution in [0.1, 0.15) is 5.69 Å². The number of aromatic nitrogens is 1. The van der Waals surface area contributed by atoms with Crippen LogP contribution in [0.2, 0.25) is 0 Å². The average Bonchev–Trinajstić information content (AvgIpc) is 2.64. The number of hydrogen-bond donors (Lipinski definition) is 1. The second-order valence-electron chi connectivity index (χ2n) is 4.41. The molecular formula is C14H14N2O2. The molecule has 1 aromatic heterocycles. The Bertz CT molecular complexity index is 629. The molecule has 1 amide bonds. The number of ether oxygens (including phenoxy) is 1. The highest BCUT2D eigenvalue weighted by molar-refractivity contribution is 5.97. The summed E-state index contributed by atoms with van der Waals surface area (Å²) in [5.41, 5.74) is 3.97. The molecule has 0 saturated heterocycles. The van der Waals surface area contributed by atoms with Crippen LogP contribution in [0.5, 0.6) is 5.75 Å². The maximum Gasteiger partial charge on any atom is 0.244 e. The molecule has 92 valence electrons. The summed E-state index contributed by atoms with van der Waals surface area (Å²) >= 11 is 0. The van der Waals surface area contributed by atoms with Crippen molar-refractivity contribution in [2.75, 3.05) is 12.4 Å². The van der Waals surface area contributed by atoms with Crippen molar-refractivity contribution < 1.29 is 9.53 Å². The van der Waals surface area contributed by atoms with Gasteiger partial charge in [-0.1, -0.05) is 0 Å². The van der Waals surface area contributed by atoms with Crippen LogP contribution < -0.4 is 10.1 Å². The summed E-state index contributed by atoms with van der Waals surface area (Å²) in [5, 5.41) is 2.92. The molecule has 18 heavy (non-hydrogen) atoms. The highest BCUT2D eigenvalue weighted by atomic mass is 16.5. The van der Waals surface area contributed by atoms with Crippen LogP contribution in [0, 0.1) is 6.92 Å². The Balaban J connectivity index is 2.24. The number of hydrogen-bond acceptors (Lipinski definition) is 2. The summed E-state index contributed by atoms with van der Waals surface area (Å²) in [7, 11) is 1.62. The lowest BCUT2D eigenvalue weighted by Gasteiger charge is -2.09. The number of methoxy groups -OCH3 is 1. The molecule has 0 spiro atoms. The summed E-state index contributed by atoms with van der Waals surface area (Å²) in [5.74, 6) is 0.730. The van der Waals surface area contributed by atoms with Gasteiger partial charge in [0.2, 0.25) is 5.91 Å². The smallest absolute Gasteiger partial charge is 0.244 e. The molecule has 2 aromatic rings. The van der Waals surface area contributed by atoms with E-state index in [9.17, 15) is 4.79 Å². The van der Waals surface area contributed by atoms with E-state index >= 15 is 0 Å². The molecule has 1 aliphatic heterocycles. The van der Waals surface area contributed by atoms with Gasteiger partial charge >= 0.3 is 0 Å². The zero-order valence-corrected chi connectivity index (χ0v) is 10.4. The summed E-state index contributed by atoms with van der Waals surface area (Å²) in [4.78, 5) is 11.9. The Labute approximate surface area is 105 Å². The minimum Gasteiger partial charge on any atom is -0.497 e. The van der Waals surface area contributed by atoms with Crippen molar-refractivity contribution in [1.82, 2.24) is 4.57 Å². The van der Waals surface area contributed by atoms with Crippen molar-refractivity contribution in [3.8, 4) is 17.0 Å². The Morgan fingerprint density at radius 3 is 2.89 bits per heavy atom. The second kappa shape index (κ2) is 3.91. The molecule has 0 radical (unpaired) electrons. The molecule has 0 bridgehead atoms. The summed E-state index contributed by atoms with van der Waals surface area (Å²) in [6, 6.07) is 9.81. The number of carbonyl (C=O) groups is 1. The first-order valence-corrected chi connectivity index (χ1v) is 5.83. The van der Waals surface area contributed by atoms with Crippen molar-refractivity contribution in [3.63, 3.8) is 0 Å². The lowest BCUT2D eigenvalue weighted by Crippen LogP contribution is -2.17. The fourth-order valence-corrected chi connectivity index (χ4v) is 2.32. The van der Waals surface area contributed by atoms with Crippen molar-refractivity contribution in [2.45, 2.75) is 13.5 Å². The molecule has 1 N–H and O–H groups in total. The minimum absolute atomic E-state index is 0.0115. The molecule has 2 heterocycles. The van der Waals surface area contributed by atoms with Crippen molar-refractivity contribution >= 4 is 11.6 Å². The van der Waals surface area contributed by atoms with Crippen LogP contribution in [0.4, 0.5) is 5.69 Å². The van der Waals surface area contributed by atoms with Crippen molar-refractivity contribution in [1.29, 1.82) is 0 Å². The van der Waals surface area contributed by atoms with Gasteiger partial charge in [-0.25, -0.2) is 0 Å². The lowest BCUT2D eigenvalue weighted by atomic mass is 10.1. The van der Waals surface area contributed by atoms with E-state index < -0.39 is 0 Å². The molecule has 0 unspecified atom stereocenters. The minimum atomic E-state index is -0.0115. The largest absolute Gasteiger partial charge is 0.497 e. The molecule has 4 nitrogen and oxygen atoms in total. The number of aryl methyl sites for hydroxylation is 1. The van der Waals surface area contributed by atoms with Crippen LogP contribution in [0.15, 0.2) is 30.3 Å². The number of carbonyl (C=O) groups excluding carboxylic acids is 1. The topological polar surface area (TPSA) is 43.3 Å². The fourth-order valence-electron chi connectivity index (χ4n) is 2.32. The monoisotopic (exact) mass is 242 g/mol. The predicted octanol–water partition coefficient (Wildman–Crippen LogP) is 2.42. The molecule has 0 atom stereocenters. The maximum absolute atomic E-state index is 11.9. The predicted molar refractivity (Wildman–Crippen MR) is 69.8 cm³/mol. The van der Waals surface area contributed by atoms with Gasteiger partial charge in [0.1, 0.15) is 12.3 Å². The van der Waals surface area contributed by atoms with E-state index in [0.29, 0.717) is 6.54 Å². The first kappa shape index (κ1) is 10.9. The Kier molecular flexibility index (Phi) is 2.37. The SMILES string of the molecule is COc1ccc2c(c1)NC(=O)Cn1c(C)ccc1-2. The van der Waals surface area contributed by atoms with Crippen LogP contribution >= 0.6 is 0 Å². The molecule has 0 saturated carbocycles. The van der Waals surface area contributed by atoms with E-state index in [2.05, 4.69) is 5.32 Å². The van der Waals surface area contributed by atoms with E-state index in [1.807, 2.05) is 41.8 Å². The third-order valence-corrected chi connectivity index (χ3v) is 3.28. The number of nitrogens with one attached hydrogen (secondary N) is 1. The molecule has 1 aliphatic rings. The summed E-state index contributed by atoms with van der Waals surface area (Å²) in [6.07, 6.45) is 0. The number of anilines is 1. The maximum atomic E-state index is 11.9. The van der Waals surface area contributed by atoms with Gasteiger partial charge in [-0.2, -0.15) is 0 Å². The zero-order valence-electron chi connectivity index (χ0n) is 10.4. The van der Waals surface area contributed by atoms with Gasteiger partial charge < -0.3 is 14.6 Å². The van der Waals surface area contributed by atoms with E-state index in [0.717, 1.165) is 28.4 Å². The van der Waals surface area contributed by atoms with Crippen molar-refractivity contribution in [3.05, 3.63) is 36.0 Å². The highest BCUT2D eigenvalue weighted by Gasteiger charge is 2.19. The normalized spacial score (nSPS) is 13.3. The molecular weight excluding hydrogens is 228 g/mol. The summed E-state index contributed by atoms with van der Waals surface area (Å²) < 4.78 is 7.21. The third-order valence-electron chi connectivity index (χ3n) is 3.28. The number of benzene rings is 1. The molecule has 0 fully saturated rings. The van der Waals surface area contributed by atoms with E-state index in [1.54, 1.807) is 7.11 Å². The quantitative estimate of drug-likeness (QED) is 0.834. The fraction of sp³-hybridized carbons (Fsp3) is 0.214. The highest BCUT2D eigenvalue weighted by Crippen LogP contribution is 2.34. The molecule has 4 heteroatoms. The van der Waals surface area contributed by atoms with Crippen molar-refractivity contribution in [2.24, 2.45) is 0 Å². The zero-order chi connectivity index (χ0) is 12.7. The van der Waals surface area contributed by atoms with Gasteiger partial charge in [-0.15, -0.1) is 0 Å². The van der Waals surface area contributed by atoms with Gasteiger partial charge in [0, 0.05) is 17.3 Å². The van der Waals surface area contributed by atoms with Crippen LogP contribution in [0.25, 0.3) is 11.3 Å². The number of fused-ring (bicyclic) bond motifs is 3. The third kappa shape index (κ3) is 1.57. The molecule has 0 aliphatic carbocycles. The standard InChI is InChI=1S/C14H14N2O2/c1-9-3-6-13-11-5-4-10(18-2)7-12(11)15-14(17)8-16(9)13/h3-7H,8H2,1-2H3,(H,15,17). The lowest BCUT2D eigenvalue weighted by molar-refractivity contribution is -0.116. The summed E-state index contributed by atoms with van der Waals surface area (Å²) in [6.45, 7) is 2.36. The van der Waals surface area contributed by atoms with E-state index in [1.165, 1.54) is 0 Å². The number of rotatable bonds is 1. The van der Waals surface area contributed by atoms with Gasteiger partial charge in [-0.3, -0.25) is 4.79 Å². The van der Waals surface area contributed by atoms with E-state index in [4.69, 9.17) is 4.74 Å². The molecule has 1 aromatic carbocycles. The Morgan fingerprint density at radius 1 is 1.28 bits per heavy atom. The average molecular weight is 242 g/mol.